The molecular weight excluding hydrogens is 449 g/mol. The van der Waals surface area contributed by atoms with Crippen LogP contribution in [0, 0.1) is 29.5 Å². The molecule has 35 heavy (non-hydrogen) atoms. The van der Waals surface area contributed by atoms with Gasteiger partial charge in [-0.2, -0.15) is 0 Å². The topological polar surface area (TPSA) is 113 Å². The smallest absolute Gasteiger partial charge is 0.338 e. The molecule has 7 nitrogen and oxygen atoms in total. The Bertz CT molecular complexity index is 938. The van der Waals surface area contributed by atoms with Crippen molar-refractivity contribution in [2.24, 2.45) is 29.4 Å². The standard InChI is InChI=1S/C27H38FN3O4/c1-16(29)17-7-9-19(10-8-17)26(33)31-14-13-21(18-5-3-2-4-6-18)24(31)25(32)30-20-11-12-22(27(34)35)23(28)15-20/h11-12,15-19,21,24H,2-10,13-14,29H2,1H3,(H,30,32)(H,34,35)/t16?,17-,19-,21-,24-/m0/s1. The van der Waals surface area contributed by atoms with Crippen molar-refractivity contribution in [3.8, 4) is 0 Å². The lowest BCUT2D eigenvalue weighted by Gasteiger charge is -2.36. The first-order chi connectivity index (χ1) is 16.8. The van der Waals surface area contributed by atoms with Crippen molar-refractivity contribution in [3.63, 3.8) is 0 Å². The van der Waals surface area contributed by atoms with E-state index in [-0.39, 0.29) is 35.4 Å². The molecule has 0 bridgehead atoms. The molecule has 192 valence electrons. The van der Waals surface area contributed by atoms with Crippen LogP contribution in [0.2, 0.25) is 0 Å². The van der Waals surface area contributed by atoms with Gasteiger partial charge >= 0.3 is 5.97 Å². The fraction of sp³-hybridized carbons (Fsp3) is 0.667. The number of likely N-dealkylation sites (tertiary alicyclic amines) is 1. The Kier molecular flexibility index (Phi) is 8.09. The van der Waals surface area contributed by atoms with Crippen molar-refractivity contribution in [2.75, 3.05) is 11.9 Å². The van der Waals surface area contributed by atoms with Crippen LogP contribution in [0.1, 0.15) is 81.5 Å². The Labute approximate surface area is 206 Å². The van der Waals surface area contributed by atoms with Gasteiger partial charge in [-0.25, -0.2) is 9.18 Å². The summed E-state index contributed by atoms with van der Waals surface area (Å²) in [7, 11) is 0. The number of nitrogens with zero attached hydrogens (tertiary/aromatic N) is 1. The average Bonchev–Trinajstić information content (AvgIpc) is 3.29. The SMILES string of the molecule is CC(N)[C@H]1CC[C@H](C(=O)N2CC[C@@H](C3CCCCC3)[C@H]2C(=O)Nc2ccc(C(=O)O)c(F)c2)CC1. The van der Waals surface area contributed by atoms with Crippen molar-refractivity contribution in [1.29, 1.82) is 0 Å². The molecule has 1 saturated heterocycles. The highest BCUT2D eigenvalue weighted by atomic mass is 19.1. The van der Waals surface area contributed by atoms with Crippen molar-refractivity contribution < 1.29 is 23.9 Å². The zero-order valence-corrected chi connectivity index (χ0v) is 20.5. The second-order valence-corrected chi connectivity index (χ2v) is 10.8. The van der Waals surface area contributed by atoms with E-state index in [0.717, 1.165) is 69.9 Å². The monoisotopic (exact) mass is 487 g/mol. The number of rotatable bonds is 6. The highest BCUT2D eigenvalue weighted by Gasteiger charge is 2.46. The van der Waals surface area contributed by atoms with Gasteiger partial charge in [0.2, 0.25) is 11.8 Å². The molecule has 0 radical (unpaired) electrons. The normalized spacial score (nSPS) is 28.5. The summed E-state index contributed by atoms with van der Waals surface area (Å²) < 4.78 is 14.2. The first-order valence-corrected chi connectivity index (χ1v) is 13.2. The van der Waals surface area contributed by atoms with Crippen LogP contribution in [0.15, 0.2) is 18.2 Å². The van der Waals surface area contributed by atoms with E-state index < -0.39 is 23.4 Å². The molecule has 8 heteroatoms. The summed E-state index contributed by atoms with van der Waals surface area (Å²) in [4.78, 5) is 40.1. The number of carboxylic acids is 1. The van der Waals surface area contributed by atoms with E-state index in [1.54, 1.807) is 4.90 Å². The summed E-state index contributed by atoms with van der Waals surface area (Å²) in [6, 6.07) is 3.13. The molecule has 3 aliphatic rings. The molecule has 3 fully saturated rings. The van der Waals surface area contributed by atoms with Gasteiger partial charge < -0.3 is 21.1 Å². The number of nitrogens with two attached hydrogens (primary N) is 1. The molecule has 1 aromatic rings. The van der Waals surface area contributed by atoms with Crippen molar-refractivity contribution >= 4 is 23.5 Å². The maximum atomic E-state index is 14.2. The quantitative estimate of drug-likeness (QED) is 0.550. The van der Waals surface area contributed by atoms with Gasteiger partial charge in [0, 0.05) is 24.2 Å². The average molecular weight is 488 g/mol. The van der Waals surface area contributed by atoms with Gasteiger partial charge in [0.15, 0.2) is 0 Å². The summed E-state index contributed by atoms with van der Waals surface area (Å²) in [6.07, 6.45) is 9.89. The molecule has 0 aromatic heterocycles. The van der Waals surface area contributed by atoms with E-state index >= 15 is 0 Å². The highest BCUT2D eigenvalue weighted by Crippen LogP contribution is 2.41. The van der Waals surface area contributed by atoms with Crippen LogP contribution >= 0.6 is 0 Å². The Balaban J connectivity index is 1.52. The van der Waals surface area contributed by atoms with E-state index in [0.29, 0.717) is 18.4 Å². The van der Waals surface area contributed by atoms with Gasteiger partial charge in [0.1, 0.15) is 11.9 Å². The Morgan fingerprint density at radius 1 is 1.06 bits per heavy atom. The highest BCUT2D eigenvalue weighted by molar-refractivity contribution is 5.98. The first kappa shape index (κ1) is 25.6. The largest absolute Gasteiger partial charge is 0.478 e. The second-order valence-electron chi connectivity index (χ2n) is 10.8. The molecule has 3 atom stereocenters. The van der Waals surface area contributed by atoms with Gasteiger partial charge in [-0.3, -0.25) is 9.59 Å². The number of carbonyl (C=O) groups is 3. The van der Waals surface area contributed by atoms with Crippen LogP contribution < -0.4 is 11.1 Å². The maximum Gasteiger partial charge on any atom is 0.338 e. The summed E-state index contributed by atoms with van der Waals surface area (Å²) >= 11 is 0. The van der Waals surface area contributed by atoms with E-state index in [4.69, 9.17) is 10.8 Å². The third kappa shape index (κ3) is 5.68. The molecule has 4 rings (SSSR count). The summed E-state index contributed by atoms with van der Waals surface area (Å²) in [5.74, 6) is -1.67. The minimum Gasteiger partial charge on any atom is -0.478 e. The molecular formula is C27H38FN3O4. The fourth-order valence-electron chi connectivity index (χ4n) is 6.56. The van der Waals surface area contributed by atoms with Crippen molar-refractivity contribution in [1.82, 2.24) is 4.90 Å². The Morgan fingerprint density at radius 2 is 1.74 bits per heavy atom. The molecule has 0 spiro atoms. The summed E-state index contributed by atoms with van der Waals surface area (Å²) in [6.45, 7) is 2.59. The zero-order valence-electron chi connectivity index (χ0n) is 20.5. The Morgan fingerprint density at radius 3 is 2.34 bits per heavy atom. The van der Waals surface area contributed by atoms with Gasteiger partial charge in [-0.05, 0) is 75.0 Å². The van der Waals surface area contributed by atoms with Gasteiger partial charge in [0.05, 0.1) is 5.56 Å². The number of anilines is 1. The van der Waals surface area contributed by atoms with Crippen LogP contribution in [-0.4, -0.2) is 46.4 Å². The number of aromatic carboxylic acids is 1. The number of benzene rings is 1. The first-order valence-electron chi connectivity index (χ1n) is 13.2. The molecule has 2 amide bonds. The second kappa shape index (κ2) is 11.1. The van der Waals surface area contributed by atoms with Gasteiger partial charge in [-0.1, -0.05) is 32.1 Å². The molecule has 1 aliphatic heterocycles. The fourth-order valence-corrected chi connectivity index (χ4v) is 6.56. The van der Waals surface area contributed by atoms with E-state index in [1.807, 2.05) is 6.92 Å². The van der Waals surface area contributed by atoms with Crippen LogP contribution in [0.3, 0.4) is 0 Å². The molecule has 2 aliphatic carbocycles. The number of halogens is 1. The lowest BCUT2D eigenvalue weighted by atomic mass is 9.76. The van der Waals surface area contributed by atoms with Gasteiger partial charge in [-0.15, -0.1) is 0 Å². The molecule has 1 heterocycles. The Hall–Kier alpha value is -2.48. The van der Waals surface area contributed by atoms with Crippen LogP contribution in [0.5, 0.6) is 0 Å². The predicted molar refractivity (Wildman–Crippen MR) is 131 cm³/mol. The number of nitrogens with one attached hydrogen (secondary N) is 1. The molecule has 4 N–H and O–H groups in total. The van der Waals surface area contributed by atoms with Crippen molar-refractivity contribution in [2.45, 2.75) is 83.2 Å². The number of carboxylic acid groups (broad SMARTS) is 1. The molecule has 1 aromatic carbocycles. The zero-order chi connectivity index (χ0) is 25.1. The lowest BCUT2D eigenvalue weighted by Crippen LogP contribution is -2.50. The predicted octanol–water partition coefficient (Wildman–Crippen LogP) is 4.41. The number of carbonyl (C=O) groups excluding carboxylic acids is 2. The number of amides is 2. The number of hydrogen-bond donors (Lipinski definition) is 3. The van der Waals surface area contributed by atoms with E-state index in [2.05, 4.69) is 5.32 Å². The molecule has 1 unspecified atom stereocenters. The third-order valence-electron chi connectivity index (χ3n) is 8.58. The third-order valence-corrected chi connectivity index (χ3v) is 8.58. The lowest BCUT2D eigenvalue weighted by molar-refractivity contribution is -0.142. The van der Waals surface area contributed by atoms with Crippen molar-refractivity contribution in [3.05, 3.63) is 29.6 Å². The van der Waals surface area contributed by atoms with Crippen LogP contribution in [-0.2, 0) is 9.59 Å². The van der Waals surface area contributed by atoms with Crippen LogP contribution in [0.25, 0.3) is 0 Å². The van der Waals surface area contributed by atoms with Crippen LogP contribution in [0.4, 0.5) is 10.1 Å². The summed E-state index contributed by atoms with van der Waals surface area (Å²) in [5.41, 5.74) is 5.84. The van der Waals surface area contributed by atoms with Gasteiger partial charge in [0.25, 0.3) is 0 Å². The minimum atomic E-state index is -1.36. The molecule has 2 saturated carbocycles. The van der Waals surface area contributed by atoms with E-state index in [9.17, 15) is 18.8 Å². The summed E-state index contributed by atoms with van der Waals surface area (Å²) in [5, 5.41) is 11.9. The maximum absolute atomic E-state index is 14.2. The van der Waals surface area contributed by atoms with E-state index in [1.165, 1.54) is 12.5 Å². The minimum absolute atomic E-state index is 0.0546. The number of hydrogen-bond acceptors (Lipinski definition) is 4.